The summed E-state index contributed by atoms with van der Waals surface area (Å²) in [5.74, 6) is 0.258. The molecule has 12 heavy (non-hydrogen) atoms. The first-order valence-corrected chi connectivity index (χ1v) is 5.03. The van der Waals surface area contributed by atoms with Crippen LogP contribution in [0, 0.1) is 0 Å². The van der Waals surface area contributed by atoms with Gasteiger partial charge in [0.25, 0.3) is 0 Å². The second-order valence-corrected chi connectivity index (χ2v) is 3.65. The molecule has 0 unspecified atom stereocenters. The predicted octanol–water partition coefficient (Wildman–Crippen LogP) is 2.19. The van der Waals surface area contributed by atoms with Crippen molar-refractivity contribution in [3.05, 3.63) is 0 Å². The van der Waals surface area contributed by atoms with Crippen molar-refractivity contribution in [2.45, 2.75) is 52.0 Å². The highest BCUT2D eigenvalue weighted by atomic mass is 16.2. The third kappa shape index (κ3) is 2.23. The van der Waals surface area contributed by atoms with Crippen molar-refractivity contribution in [3.63, 3.8) is 0 Å². The molecular formula is C10H19NO. The van der Waals surface area contributed by atoms with Crippen LogP contribution in [0.1, 0.15) is 46.0 Å². The van der Waals surface area contributed by atoms with Crippen LogP contribution in [0.5, 0.6) is 0 Å². The molecule has 1 heterocycles. The van der Waals surface area contributed by atoms with Gasteiger partial charge in [-0.15, -0.1) is 0 Å². The molecule has 0 N–H and O–H groups in total. The van der Waals surface area contributed by atoms with E-state index < -0.39 is 0 Å². The minimum absolute atomic E-state index is 0.258. The Morgan fingerprint density at radius 3 is 2.83 bits per heavy atom. The molecule has 0 saturated carbocycles. The van der Waals surface area contributed by atoms with Gasteiger partial charge in [0.1, 0.15) is 0 Å². The van der Waals surface area contributed by atoms with Crippen LogP contribution in [0.15, 0.2) is 0 Å². The van der Waals surface area contributed by atoms with Gasteiger partial charge in [-0.05, 0) is 25.7 Å². The molecule has 1 atom stereocenters. The topological polar surface area (TPSA) is 20.3 Å². The van der Waals surface area contributed by atoms with Gasteiger partial charge in [-0.25, -0.2) is 0 Å². The lowest BCUT2D eigenvalue weighted by Gasteiger charge is -2.35. The van der Waals surface area contributed by atoms with E-state index in [4.69, 9.17) is 0 Å². The zero-order chi connectivity index (χ0) is 8.97. The first-order valence-electron chi connectivity index (χ1n) is 5.03. The smallest absolute Gasteiger partial charge is 0.219 e. The quantitative estimate of drug-likeness (QED) is 0.620. The Labute approximate surface area is 74.9 Å². The van der Waals surface area contributed by atoms with Crippen molar-refractivity contribution in [3.8, 4) is 0 Å². The van der Waals surface area contributed by atoms with Gasteiger partial charge in [0.05, 0.1) is 0 Å². The van der Waals surface area contributed by atoms with Crippen molar-refractivity contribution in [1.29, 1.82) is 0 Å². The highest BCUT2D eigenvalue weighted by Gasteiger charge is 2.22. The number of hydrogen-bond acceptors (Lipinski definition) is 1. The molecule has 1 fully saturated rings. The summed E-state index contributed by atoms with van der Waals surface area (Å²) < 4.78 is 0. The zero-order valence-electron chi connectivity index (χ0n) is 8.18. The third-order valence-corrected chi connectivity index (χ3v) is 2.65. The summed E-state index contributed by atoms with van der Waals surface area (Å²) in [5, 5.41) is 0. The van der Waals surface area contributed by atoms with Crippen molar-refractivity contribution >= 4 is 5.91 Å². The number of carbonyl (C=O) groups excluding carboxylic acids is 1. The van der Waals surface area contributed by atoms with Crippen molar-refractivity contribution in [2.75, 3.05) is 6.54 Å². The summed E-state index contributed by atoms with van der Waals surface area (Å²) in [7, 11) is 0. The number of carbonyl (C=O) groups is 1. The number of piperidine rings is 1. The maximum absolute atomic E-state index is 11.2. The summed E-state index contributed by atoms with van der Waals surface area (Å²) >= 11 is 0. The Hall–Kier alpha value is -0.530. The fourth-order valence-corrected chi connectivity index (χ4v) is 2.05. The molecule has 1 saturated heterocycles. The van der Waals surface area contributed by atoms with Crippen LogP contribution in [-0.2, 0) is 4.79 Å². The number of likely N-dealkylation sites (tertiary alicyclic amines) is 1. The summed E-state index contributed by atoms with van der Waals surface area (Å²) in [6.45, 7) is 4.86. The van der Waals surface area contributed by atoms with Crippen LogP contribution >= 0.6 is 0 Å². The van der Waals surface area contributed by atoms with Gasteiger partial charge < -0.3 is 4.90 Å². The van der Waals surface area contributed by atoms with Gasteiger partial charge in [0.2, 0.25) is 5.91 Å². The van der Waals surface area contributed by atoms with Crippen LogP contribution in [0.4, 0.5) is 0 Å². The van der Waals surface area contributed by atoms with Gasteiger partial charge >= 0.3 is 0 Å². The highest BCUT2D eigenvalue weighted by Crippen LogP contribution is 2.20. The maximum atomic E-state index is 11.2. The van der Waals surface area contributed by atoms with Gasteiger partial charge in [0.15, 0.2) is 0 Å². The number of amides is 1. The minimum atomic E-state index is 0.258. The monoisotopic (exact) mass is 169 g/mol. The van der Waals surface area contributed by atoms with E-state index in [1.807, 2.05) is 4.90 Å². The molecule has 0 radical (unpaired) electrons. The lowest BCUT2D eigenvalue weighted by molar-refractivity contribution is -0.132. The van der Waals surface area contributed by atoms with E-state index in [0.29, 0.717) is 6.04 Å². The first-order chi connectivity index (χ1) is 5.75. The zero-order valence-corrected chi connectivity index (χ0v) is 8.18. The molecule has 0 bridgehead atoms. The lowest BCUT2D eigenvalue weighted by atomic mass is 9.98. The maximum Gasteiger partial charge on any atom is 0.219 e. The molecule has 0 aromatic heterocycles. The van der Waals surface area contributed by atoms with E-state index in [0.717, 1.165) is 6.54 Å². The molecule has 1 rings (SSSR count). The fourth-order valence-electron chi connectivity index (χ4n) is 2.05. The van der Waals surface area contributed by atoms with Crippen LogP contribution in [0.25, 0.3) is 0 Å². The van der Waals surface area contributed by atoms with E-state index >= 15 is 0 Å². The van der Waals surface area contributed by atoms with Gasteiger partial charge in [-0.3, -0.25) is 4.79 Å². The summed E-state index contributed by atoms with van der Waals surface area (Å²) in [4.78, 5) is 13.3. The fraction of sp³-hybridized carbons (Fsp3) is 0.900. The van der Waals surface area contributed by atoms with E-state index in [-0.39, 0.29) is 5.91 Å². The normalized spacial score (nSPS) is 24.2. The van der Waals surface area contributed by atoms with Gasteiger partial charge in [-0.2, -0.15) is 0 Å². The van der Waals surface area contributed by atoms with Crippen LogP contribution in [-0.4, -0.2) is 23.4 Å². The third-order valence-electron chi connectivity index (χ3n) is 2.65. The Morgan fingerprint density at radius 2 is 2.25 bits per heavy atom. The van der Waals surface area contributed by atoms with Crippen molar-refractivity contribution in [1.82, 2.24) is 4.90 Å². The second kappa shape index (κ2) is 4.48. The molecule has 0 aromatic rings. The Morgan fingerprint density at radius 1 is 1.50 bits per heavy atom. The SMILES string of the molecule is CCC[C@@H]1CCCCN1C(C)=O. The molecule has 0 spiro atoms. The standard InChI is InChI=1S/C10H19NO/c1-3-6-10-7-4-5-8-11(10)9(2)12/h10H,3-8H2,1-2H3/t10-/m1/s1. The molecule has 0 aliphatic carbocycles. The molecule has 2 heteroatoms. The van der Waals surface area contributed by atoms with Crippen LogP contribution in [0.2, 0.25) is 0 Å². The van der Waals surface area contributed by atoms with Gasteiger partial charge in [-0.1, -0.05) is 13.3 Å². The minimum Gasteiger partial charge on any atom is -0.340 e. The number of hydrogen-bond donors (Lipinski definition) is 0. The Balaban J connectivity index is 2.48. The summed E-state index contributed by atoms with van der Waals surface area (Å²) in [6.07, 6.45) is 6.08. The number of rotatable bonds is 2. The lowest BCUT2D eigenvalue weighted by Crippen LogP contribution is -2.42. The molecule has 1 aliphatic rings. The largest absolute Gasteiger partial charge is 0.340 e. The molecule has 1 amide bonds. The summed E-state index contributed by atoms with van der Waals surface area (Å²) in [5.41, 5.74) is 0. The highest BCUT2D eigenvalue weighted by molar-refractivity contribution is 5.73. The van der Waals surface area contributed by atoms with E-state index in [9.17, 15) is 4.79 Å². The van der Waals surface area contributed by atoms with Crippen LogP contribution < -0.4 is 0 Å². The number of nitrogens with zero attached hydrogens (tertiary/aromatic N) is 1. The second-order valence-electron chi connectivity index (χ2n) is 3.65. The van der Waals surface area contributed by atoms with Crippen molar-refractivity contribution in [2.24, 2.45) is 0 Å². The molecule has 0 aromatic carbocycles. The van der Waals surface area contributed by atoms with E-state index in [1.165, 1.54) is 32.1 Å². The molecular weight excluding hydrogens is 150 g/mol. The Bertz CT molecular complexity index is 154. The first kappa shape index (κ1) is 9.56. The van der Waals surface area contributed by atoms with E-state index in [2.05, 4.69) is 6.92 Å². The molecule has 1 aliphatic heterocycles. The average molecular weight is 169 g/mol. The van der Waals surface area contributed by atoms with Crippen molar-refractivity contribution < 1.29 is 4.79 Å². The Kier molecular flexibility index (Phi) is 3.57. The molecule has 70 valence electrons. The van der Waals surface area contributed by atoms with E-state index in [1.54, 1.807) is 6.92 Å². The molecule has 2 nitrogen and oxygen atoms in total. The predicted molar refractivity (Wildman–Crippen MR) is 49.9 cm³/mol. The summed E-state index contributed by atoms with van der Waals surface area (Å²) in [6, 6.07) is 0.543. The average Bonchev–Trinajstić information content (AvgIpc) is 2.05. The van der Waals surface area contributed by atoms with Crippen LogP contribution in [0.3, 0.4) is 0 Å². The van der Waals surface area contributed by atoms with Gasteiger partial charge in [0, 0.05) is 19.5 Å².